The highest BCUT2D eigenvalue weighted by Gasteiger charge is 2.32. The van der Waals surface area contributed by atoms with Crippen molar-refractivity contribution in [3.05, 3.63) is 28.8 Å². The first-order chi connectivity index (χ1) is 9.86. The van der Waals surface area contributed by atoms with E-state index in [1.807, 2.05) is 0 Å². The monoisotopic (exact) mass is 312 g/mol. The lowest BCUT2D eigenvalue weighted by molar-refractivity contribution is -0.144. The van der Waals surface area contributed by atoms with E-state index in [-0.39, 0.29) is 6.42 Å². The van der Waals surface area contributed by atoms with E-state index in [9.17, 15) is 14.4 Å². The quantitative estimate of drug-likeness (QED) is 0.712. The number of nitrogens with two attached hydrogens (primary N) is 1. The van der Waals surface area contributed by atoms with Gasteiger partial charge in [0.1, 0.15) is 11.8 Å². The van der Waals surface area contributed by atoms with Gasteiger partial charge in [-0.25, -0.2) is 4.79 Å². The Kier molecular flexibility index (Phi) is 4.32. The van der Waals surface area contributed by atoms with Gasteiger partial charge < -0.3 is 20.9 Å². The second-order valence-electron chi connectivity index (χ2n) is 4.63. The third-order valence-corrected chi connectivity index (χ3v) is 3.24. The van der Waals surface area contributed by atoms with E-state index >= 15 is 0 Å². The van der Waals surface area contributed by atoms with Gasteiger partial charge >= 0.3 is 5.97 Å². The number of carbonyl (C=O) groups excluding carboxylic acids is 2. The van der Waals surface area contributed by atoms with Crippen molar-refractivity contribution in [2.75, 3.05) is 0 Å². The molecule has 0 saturated carbocycles. The maximum Gasteiger partial charge on any atom is 0.326 e. The summed E-state index contributed by atoms with van der Waals surface area (Å²) in [5, 5.41) is 11.7. The van der Waals surface area contributed by atoms with Crippen molar-refractivity contribution in [3.8, 4) is 5.75 Å². The Hall–Kier alpha value is -2.28. The average Bonchev–Trinajstić information content (AvgIpc) is 2.80. The van der Waals surface area contributed by atoms with Crippen LogP contribution < -0.4 is 15.8 Å². The van der Waals surface area contributed by atoms with Crippen LogP contribution in [0, 0.1) is 0 Å². The van der Waals surface area contributed by atoms with Gasteiger partial charge in [0, 0.05) is 11.4 Å². The number of carbonyl (C=O) groups is 3. The van der Waals surface area contributed by atoms with Crippen molar-refractivity contribution in [1.29, 1.82) is 0 Å². The maximum atomic E-state index is 12.0. The first-order valence-corrected chi connectivity index (χ1v) is 6.51. The molecular formula is C13H13ClN2O5. The van der Waals surface area contributed by atoms with Gasteiger partial charge in [-0.05, 0) is 23.8 Å². The topological polar surface area (TPSA) is 119 Å². The zero-order chi connectivity index (χ0) is 15.6. The van der Waals surface area contributed by atoms with Gasteiger partial charge in [0.05, 0.1) is 6.42 Å². The SMILES string of the molecule is NC(=O)C[C@H](NC(=O)C1Cc2cc(Cl)ccc2O1)C(=O)O. The van der Waals surface area contributed by atoms with Gasteiger partial charge in [-0.15, -0.1) is 0 Å². The largest absolute Gasteiger partial charge is 0.480 e. The minimum Gasteiger partial charge on any atom is -0.480 e. The number of halogens is 1. The van der Waals surface area contributed by atoms with Crippen molar-refractivity contribution < 1.29 is 24.2 Å². The summed E-state index contributed by atoms with van der Waals surface area (Å²) in [6, 6.07) is 3.59. The predicted octanol–water partition coefficient (Wildman–Crippen LogP) is 0.0883. The second kappa shape index (κ2) is 6.01. The standard InChI is InChI=1S/C13H13ClN2O5/c14-7-1-2-9-6(3-7)4-10(21-9)12(18)16-8(13(19)20)5-11(15)17/h1-3,8,10H,4-5H2,(H2,15,17)(H,16,18)(H,19,20)/t8-,10?/m0/s1. The summed E-state index contributed by atoms with van der Waals surface area (Å²) >= 11 is 5.85. The van der Waals surface area contributed by atoms with E-state index in [0.29, 0.717) is 10.8 Å². The van der Waals surface area contributed by atoms with E-state index < -0.39 is 36.4 Å². The number of ether oxygens (including phenoxy) is 1. The molecule has 0 radical (unpaired) electrons. The van der Waals surface area contributed by atoms with Crippen LogP contribution in [0.25, 0.3) is 0 Å². The van der Waals surface area contributed by atoms with Crippen LogP contribution in [0.1, 0.15) is 12.0 Å². The average molecular weight is 313 g/mol. The van der Waals surface area contributed by atoms with Crippen LogP contribution in [0.15, 0.2) is 18.2 Å². The van der Waals surface area contributed by atoms with Crippen LogP contribution >= 0.6 is 11.6 Å². The Labute approximate surface area is 125 Å². The lowest BCUT2D eigenvalue weighted by atomic mass is 10.1. The number of carboxylic acids is 1. The number of primary amides is 1. The van der Waals surface area contributed by atoms with Crippen LogP contribution in [-0.2, 0) is 20.8 Å². The summed E-state index contributed by atoms with van der Waals surface area (Å²) in [6.07, 6.45) is -1.05. The fourth-order valence-electron chi connectivity index (χ4n) is 2.03. The van der Waals surface area contributed by atoms with Gasteiger partial charge in [0.2, 0.25) is 5.91 Å². The molecule has 0 aliphatic carbocycles. The van der Waals surface area contributed by atoms with Gasteiger partial charge in [-0.2, -0.15) is 0 Å². The smallest absolute Gasteiger partial charge is 0.326 e. The second-order valence-corrected chi connectivity index (χ2v) is 5.07. The number of hydrogen-bond donors (Lipinski definition) is 3. The molecule has 0 bridgehead atoms. The molecule has 21 heavy (non-hydrogen) atoms. The van der Waals surface area contributed by atoms with Gasteiger partial charge in [0.25, 0.3) is 5.91 Å². The number of fused-ring (bicyclic) bond motifs is 1. The number of hydrogen-bond acceptors (Lipinski definition) is 4. The predicted molar refractivity (Wildman–Crippen MR) is 72.9 cm³/mol. The van der Waals surface area contributed by atoms with Crippen molar-refractivity contribution >= 4 is 29.4 Å². The van der Waals surface area contributed by atoms with Crippen molar-refractivity contribution in [2.45, 2.75) is 25.0 Å². The molecule has 2 rings (SSSR count). The lowest BCUT2D eigenvalue weighted by Gasteiger charge is -2.16. The molecule has 0 saturated heterocycles. The number of nitrogens with one attached hydrogen (secondary N) is 1. The minimum absolute atomic E-state index is 0.282. The molecule has 1 aliphatic rings. The fourth-order valence-corrected chi connectivity index (χ4v) is 2.22. The van der Waals surface area contributed by atoms with E-state index in [1.54, 1.807) is 18.2 Å². The first kappa shape index (κ1) is 15.1. The maximum absolute atomic E-state index is 12.0. The number of aliphatic carboxylic acids is 1. The molecule has 0 fully saturated rings. The molecule has 0 spiro atoms. The Morgan fingerprint density at radius 2 is 2.19 bits per heavy atom. The highest BCUT2D eigenvalue weighted by molar-refractivity contribution is 6.30. The molecule has 7 nitrogen and oxygen atoms in total. The van der Waals surface area contributed by atoms with E-state index in [2.05, 4.69) is 5.32 Å². The molecule has 2 amide bonds. The Morgan fingerprint density at radius 1 is 1.48 bits per heavy atom. The summed E-state index contributed by atoms with van der Waals surface area (Å²) in [6.45, 7) is 0. The van der Waals surface area contributed by atoms with Gasteiger partial charge in [0.15, 0.2) is 6.10 Å². The summed E-state index contributed by atoms with van der Waals surface area (Å²) in [7, 11) is 0. The third kappa shape index (κ3) is 3.63. The fraction of sp³-hybridized carbons (Fsp3) is 0.308. The summed E-state index contributed by atoms with van der Waals surface area (Å²) in [4.78, 5) is 33.8. The third-order valence-electron chi connectivity index (χ3n) is 3.01. The lowest BCUT2D eigenvalue weighted by Crippen LogP contribution is -2.48. The molecule has 0 aromatic heterocycles. The highest BCUT2D eigenvalue weighted by Crippen LogP contribution is 2.31. The number of rotatable bonds is 5. The van der Waals surface area contributed by atoms with Gasteiger partial charge in [-0.3, -0.25) is 9.59 Å². The molecule has 1 aromatic carbocycles. The minimum atomic E-state index is -1.37. The molecular weight excluding hydrogens is 300 g/mol. The molecule has 8 heteroatoms. The van der Waals surface area contributed by atoms with Crippen LogP contribution in [-0.4, -0.2) is 35.0 Å². The normalized spacial score (nSPS) is 17.5. The summed E-state index contributed by atoms with van der Waals surface area (Å²) in [5.74, 6) is -2.23. The molecule has 112 valence electrons. The van der Waals surface area contributed by atoms with E-state index in [4.69, 9.17) is 27.2 Å². The summed E-state index contributed by atoms with van der Waals surface area (Å²) < 4.78 is 5.43. The summed E-state index contributed by atoms with van der Waals surface area (Å²) in [5.41, 5.74) is 5.71. The number of amides is 2. The van der Waals surface area contributed by atoms with Crippen molar-refractivity contribution in [1.82, 2.24) is 5.32 Å². The Balaban J connectivity index is 2.02. The Morgan fingerprint density at radius 3 is 2.81 bits per heavy atom. The van der Waals surface area contributed by atoms with Crippen LogP contribution in [0.5, 0.6) is 5.75 Å². The van der Waals surface area contributed by atoms with Crippen molar-refractivity contribution in [2.24, 2.45) is 5.73 Å². The van der Waals surface area contributed by atoms with Crippen LogP contribution in [0.4, 0.5) is 0 Å². The zero-order valence-corrected chi connectivity index (χ0v) is 11.6. The molecule has 4 N–H and O–H groups in total. The zero-order valence-electron chi connectivity index (χ0n) is 10.8. The molecule has 1 aliphatic heterocycles. The van der Waals surface area contributed by atoms with E-state index in [1.165, 1.54) is 0 Å². The van der Waals surface area contributed by atoms with Crippen LogP contribution in [0.2, 0.25) is 5.02 Å². The van der Waals surface area contributed by atoms with E-state index in [0.717, 1.165) is 5.56 Å². The first-order valence-electron chi connectivity index (χ1n) is 6.13. The molecule has 1 unspecified atom stereocenters. The molecule has 1 heterocycles. The molecule has 2 atom stereocenters. The molecule has 1 aromatic rings. The van der Waals surface area contributed by atoms with Crippen molar-refractivity contribution in [3.63, 3.8) is 0 Å². The number of carboxylic acid groups (broad SMARTS) is 1. The highest BCUT2D eigenvalue weighted by atomic mass is 35.5. The Bertz CT molecular complexity index is 604. The van der Waals surface area contributed by atoms with Crippen LogP contribution in [0.3, 0.4) is 0 Å². The number of benzene rings is 1. The van der Waals surface area contributed by atoms with Gasteiger partial charge in [-0.1, -0.05) is 11.6 Å².